The van der Waals surface area contributed by atoms with Crippen LogP contribution in [0.3, 0.4) is 0 Å². The summed E-state index contributed by atoms with van der Waals surface area (Å²) in [7, 11) is 0. The number of carbonyl (C=O) groups is 1. The number of para-hydroxylation sites is 1. The minimum absolute atomic E-state index is 0.125. The Morgan fingerprint density at radius 2 is 2.05 bits per heavy atom. The monoisotopic (exact) mass is 271 g/mol. The van der Waals surface area contributed by atoms with Crippen molar-refractivity contribution in [2.24, 2.45) is 5.28 Å². The van der Waals surface area contributed by atoms with E-state index in [4.69, 9.17) is 0 Å². The van der Waals surface area contributed by atoms with E-state index in [-0.39, 0.29) is 11.3 Å². The van der Waals surface area contributed by atoms with Gasteiger partial charge in [-0.1, -0.05) is 18.2 Å². The number of aryl methyl sites for hydroxylation is 1. The average molecular weight is 271 g/mol. The highest BCUT2D eigenvalue weighted by molar-refractivity contribution is 5.92. The first-order valence-electron chi connectivity index (χ1n) is 5.79. The van der Waals surface area contributed by atoms with Crippen LogP contribution in [0.2, 0.25) is 0 Å². The molecule has 2 aromatic rings. The van der Waals surface area contributed by atoms with Crippen LogP contribution in [0.1, 0.15) is 11.3 Å². The maximum Gasteiger partial charge on any atom is 0.437 e. The predicted octanol–water partition coefficient (Wildman–Crippen LogP) is 1.67. The van der Waals surface area contributed by atoms with Crippen molar-refractivity contribution in [2.75, 3.05) is 0 Å². The topological polar surface area (TPSA) is 90.8 Å². The highest BCUT2D eigenvalue weighted by atomic mass is 16.7. The molecule has 1 aliphatic heterocycles. The van der Waals surface area contributed by atoms with Gasteiger partial charge in [-0.3, -0.25) is 4.84 Å². The molecule has 0 atom stereocenters. The standard InChI is InChI=1S/C13H9N3O4/c1-8-10(12(17)19-14-8)7-11-13(18)20-15-16(11)9-5-3-2-4-6-9/h2-7H,1H3. The number of aromatic nitrogens is 1. The Hall–Kier alpha value is -2.96. The van der Waals surface area contributed by atoms with Crippen LogP contribution in [0.25, 0.3) is 6.08 Å². The highest BCUT2D eigenvalue weighted by Gasteiger charge is 2.36. The molecule has 0 saturated carbocycles. The van der Waals surface area contributed by atoms with Crippen LogP contribution in [0.5, 0.6) is 5.95 Å². The van der Waals surface area contributed by atoms with Crippen LogP contribution in [0.4, 0.5) is 5.69 Å². The van der Waals surface area contributed by atoms with Gasteiger partial charge in [0.15, 0.2) is 0 Å². The van der Waals surface area contributed by atoms with E-state index in [0.29, 0.717) is 11.4 Å². The van der Waals surface area contributed by atoms with Gasteiger partial charge in [0.2, 0.25) is 11.0 Å². The average Bonchev–Trinajstić information content (AvgIpc) is 2.98. The number of rotatable bonds is 2. The van der Waals surface area contributed by atoms with Gasteiger partial charge < -0.3 is 9.63 Å². The zero-order valence-electron chi connectivity index (χ0n) is 10.4. The van der Waals surface area contributed by atoms with Crippen molar-refractivity contribution in [1.82, 2.24) is 5.16 Å². The summed E-state index contributed by atoms with van der Waals surface area (Å²) in [6.45, 7) is 1.61. The highest BCUT2D eigenvalue weighted by Crippen LogP contribution is 2.27. The summed E-state index contributed by atoms with van der Waals surface area (Å²) in [6.07, 6.45) is 1.36. The Morgan fingerprint density at radius 3 is 2.70 bits per heavy atom. The molecular weight excluding hydrogens is 262 g/mol. The van der Waals surface area contributed by atoms with Crippen molar-refractivity contribution in [3.8, 4) is 5.95 Å². The van der Waals surface area contributed by atoms with Gasteiger partial charge in [0, 0.05) is 23.8 Å². The normalized spacial score (nSPS) is 16.4. The summed E-state index contributed by atoms with van der Waals surface area (Å²) < 4.78 is 5.84. The second kappa shape index (κ2) is 4.61. The largest absolute Gasteiger partial charge is 0.544 e. The van der Waals surface area contributed by atoms with Crippen molar-refractivity contribution in [3.05, 3.63) is 47.3 Å². The molecule has 0 aliphatic carbocycles. The van der Waals surface area contributed by atoms with Crippen LogP contribution in [0, 0.1) is 6.92 Å². The molecule has 0 bridgehead atoms. The van der Waals surface area contributed by atoms with Gasteiger partial charge in [-0.2, -0.15) is 5.16 Å². The maximum absolute atomic E-state index is 11.7. The molecule has 1 aromatic carbocycles. The van der Waals surface area contributed by atoms with E-state index in [1.807, 2.05) is 6.07 Å². The van der Waals surface area contributed by atoms with Crippen molar-refractivity contribution in [3.63, 3.8) is 0 Å². The fourth-order valence-electron chi connectivity index (χ4n) is 1.79. The van der Waals surface area contributed by atoms with Gasteiger partial charge in [0.1, 0.15) is 0 Å². The lowest BCUT2D eigenvalue weighted by molar-refractivity contribution is -0.462. The molecule has 3 rings (SSSR count). The summed E-state index contributed by atoms with van der Waals surface area (Å²) in [5.74, 6) is -1.25. The molecule has 0 amide bonds. The Labute approximate surface area is 113 Å². The number of hydrogen-bond donors (Lipinski definition) is 0. The fourth-order valence-corrected chi connectivity index (χ4v) is 1.79. The van der Waals surface area contributed by atoms with Crippen LogP contribution >= 0.6 is 0 Å². The number of hydrogen-bond acceptors (Lipinski definition) is 6. The van der Waals surface area contributed by atoms with Gasteiger partial charge in [0.05, 0.1) is 11.6 Å². The van der Waals surface area contributed by atoms with Crippen LogP contribution < -0.4 is 5.11 Å². The molecule has 0 fully saturated rings. The molecular formula is C13H9N3O4. The molecule has 0 saturated heterocycles. The Kier molecular flexibility index (Phi) is 2.79. The van der Waals surface area contributed by atoms with Gasteiger partial charge in [-0.15, -0.1) is 0 Å². The molecule has 2 heterocycles. The van der Waals surface area contributed by atoms with E-state index in [9.17, 15) is 9.90 Å². The lowest BCUT2D eigenvalue weighted by Crippen LogP contribution is -2.05. The van der Waals surface area contributed by atoms with E-state index >= 15 is 0 Å². The molecule has 1 aliphatic rings. The summed E-state index contributed by atoms with van der Waals surface area (Å²) in [6, 6.07) is 8.96. The van der Waals surface area contributed by atoms with Crippen molar-refractivity contribution < 1.29 is 24.0 Å². The quantitative estimate of drug-likeness (QED) is 0.612. The number of benzene rings is 1. The van der Waals surface area contributed by atoms with Crippen LogP contribution in [-0.2, 0) is 9.63 Å². The number of nitrogens with zero attached hydrogens (tertiary/aromatic N) is 3. The van der Waals surface area contributed by atoms with Gasteiger partial charge in [-0.25, -0.2) is 4.79 Å². The first-order chi connectivity index (χ1) is 9.66. The molecule has 100 valence electrons. The van der Waals surface area contributed by atoms with Crippen LogP contribution in [-0.4, -0.2) is 15.8 Å². The first kappa shape index (κ1) is 12.1. The summed E-state index contributed by atoms with van der Waals surface area (Å²) in [4.78, 5) is 16.4. The van der Waals surface area contributed by atoms with Crippen molar-refractivity contribution in [1.29, 1.82) is 0 Å². The van der Waals surface area contributed by atoms with E-state index in [1.54, 1.807) is 31.2 Å². The Morgan fingerprint density at radius 1 is 1.30 bits per heavy atom. The molecule has 0 unspecified atom stereocenters. The van der Waals surface area contributed by atoms with E-state index in [2.05, 4.69) is 19.8 Å². The lowest BCUT2D eigenvalue weighted by atomic mass is 10.2. The molecule has 7 heteroatoms. The third kappa shape index (κ3) is 1.95. The first-order valence-corrected chi connectivity index (χ1v) is 5.79. The maximum atomic E-state index is 11.7. The smallest absolute Gasteiger partial charge is 0.437 e. The number of carbonyl (C=O) groups excluding carboxylic acids is 1. The molecule has 7 nitrogen and oxygen atoms in total. The second-order valence-corrected chi connectivity index (χ2v) is 4.11. The third-order valence-electron chi connectivity index (χ3n) is 2.80. The minimum Gasteiger partial charge on any atom is -0.544 e. The Balaban J connectivity index is 2.08. The van der Waals surface area contributed by atoms with E-state index in [0.717, 1.165) is 0 Å². The summed E-state index contributed by atoms with van der Waals surface area (Å²) in [5.41, 5.74) is 1.37. The third-order valence-corrected chi connectivity index (χ3v) is 2.80. The zero-order chi connectivity index (χ0) is 14.1. The van der Waals surface area contributed by atoms with E-state index in [1.165, 1.54) is 10.8 Å². The SMILES string of the molecule is Cc1noc([O-])c1/C=C1\C(=O)ON=[N+]1c1ccccc1. The summed E-state index contributed by atoms with van der Waals surface area (Å²) >= 11 is 0. The fraction of sp³-hybridized carbons (Fsp3) is 0.0769. The van der Waals surface area contributed by atoms with Gasteiger partial charge >= 0.3 is 11.7 Å². The Bertz CT molecular complexity index is 712. The molecule has 20 heavy (non-hydrogen) atoms. The van der Waals surface area contributed by atoms with Gasteiger partial charge in [-0.05, 0) is 11.6 Å². The molecule has 0 N–H and O–H groups in total. The molecule has 1 aromatic heterocycles. The molecule has 0 radical (unpaired) electrons. The summed E-state index contributed by atoms with van der Waals surface area (Å²) in [5, 5.41) is 18.7. The second-order valence-electron chi connectivity index (χ2n) is 4.11. The predicted molar refractivity (Wildman–Crippen MR) is 63.5 cm³/mol. The zero-order valence-corrected chi connectivity index (χ0v) is 10.4. The minimum atomic E-state index is -0.645. The van der Waals surface area contributed by atoms with Crippen molar-refractivity contribution in [2.45, 2.75) is 6.92 Å². The van der Waals surface area contributed by atoms with Gasteiger partial charge in [0.25, 0.3) is 0 Å². The van der Waals surface area contributed by atoms with Crippen LogP contribution in [0.15, 0.2) is 45.8 Å². The lowest BCUT2D eigenvalue weighted by Gasteiger charge is -1.96. The van der Waals surface area contributed by atoms with Crippen molar-refractivity contribution >= 4 is 17.7 Å². The molecule has 0 spiro atoms. The van der Waals surface area contributed by atoms with E-state index < -0.39 is 11.9 Å².